The van der Waals surface area contributed by atoms with Gasteiger partial charge in [-0.1, -0.05) is 19.1 Å². The second kappa shape index (κ2) is 9.12. The van der Waals surface area contributed by atoms with E-state index in [0.29, 0.717) is 25.5 Å². The van der Waals surface area contributed by atoms with E-state index < -0.39 is 13.2 Å². The van der Waals surface area contributed by atoms with Crippen LogP contribution in [0.4, 0.5) is 5.82 Å². The third-order valence-corrected chi connectivity index (χ3v) is 6.67. The van der Waals surface area contributed by atoms with E-state index in [1.807, 2.05) is 33.8 Å². The number of aryl methyl sites for hydroxylation is 2. The van der Waals surface area contributed by atoms with Crippen LogP contribution in [0.15, 0.2) is 30.6 Å². The van der Waals surface area contributed by atoms with Crippen LogP contribution < -0.4 is 10.4 Å². The van der Waals surface area contributed by atoms with Gasteiger partial charge in [-0.05, 0) is 38.0 Å². The van der Waals surface area contributed by atoms with Crippen molar-refractivity contribution in [3.8, 4) is 5.75 Å². The van der Waals surface area contributed by atoms with Gasteiger partial charge in [-0.15, -0.1) is 0 Å². The van der Waals surface area contributed by atoms with Gasteiger partial charge in [-0.2, -0.15) is 0 Å². The van der Waals surface area contributed by atoms with Crippen molar-refractivity contribution in [3.63, 3.8) is 0 Å². The predicted octanol–water partition coefficient (Wildman–Crippen LogP) is 3.79. The summed E-state index contributed by atoms with van der Waals surface area (Å²) >= 11 is 0. The molecular weight excluding hydrogens is 351 g/mol. The van der Waals surface area contributed by atoms with Crippen molar-refractivity contribution in [2.45, 2.75) is 33.4 Å². The molecule has 0 spiro atoms. The lowest BCUT2D eigenvalue weighted by Gasteiger charge is -2.28. The van der Waals surface area contributed by atoms with Gasteiger partial charge in [0.05, 0.1) is 30.4 Å². The lowest BCUT2D eigenvalue weighted by molar-refractivity contribution is 0.318. The molecule has 3 N–H and O–H groups in total. The van der Waals surface area contributed by atoms with Crippen LogP contribution in [0.2, 0.25) is 0 Å². The minimum Gasteiger partial charge on any atom is -0.508 e. The van der Waals surface area contributed by atoms with Crippen molar-refractivity contribution < 1.29 is 14.2 Å². The zero-order chi connectivity index (χ0) is 19.2. The Bertz CT molecular complexity index is 758. The van der Waals surface area contributed by atoms with Crippen molar-refractivity contribution >= 4 is 13.3 Å². The number of anilines is 1. The summed E-state index contributed by atoms with van der Waals surface area (Å²) in [5, 5.41) is 16.1. The molecule has 1 aromatic heterocycles. The molecular formula is C18H27N4O3P. The number of benzene rings is 1. The summed E-state index contributed by atoms with van der Waals surface area (Å²) in [5.74, 6) is 0.815. The van der Waals surface area contributed by atoms with Crippen molar-refractivity contribution in [2.75, 3.05) is 25.0 Å². The van der Waals surface area contributed by atoms with Gasteiger partial charge in [0.1, 0.15) is 11.6 Å². The van der Waals surface area contributed by atoms with Crippen molar-refractivity contribution in [3.05, 3.63) is 47.4 Å². The molecule has 2 rings (SSSR count). The van der Waals surface area contributed by atoms with Crippen LogP contribution in [0.1, 0.15) is 36.3 Å². The molecule has 0 amide bonds. The Kier molecular flexibility index (Phi) is 7.14. The van der Waals surface area contributed by atoms with Gasteiger partial charge in [0.2, 0.25) is 0 Å². The molecule has 2 aromatic rings. The highest BCUT2D eigenvalue weighted by Gasteiger charge is 2.35. The highest BCUT2D eigenvalue weighted by Crippen LogP contribution is 2.56. The van der Waals surface area contributed by atoms with Crippen molar-refractivity contribution in [2.24, 2.45) is 0 Å². The van der Waals surface area contributed by atoms with E-state index in [4.69, 9.17) is 4.52 Å². The smallest absolute Gasteiger partial charge is 0.278 e. The molecule has 0 fully saturated rings. The Hall–Kier alpha value is -1.95. The van der Waals surface area contributed by atoms with Gasteiger partial charge in [-0.25, -0.2) is 10.1 Å². The van der Waals surface area contributed by atoms with E-state index in [9.17, 15) is 9.67 Å². The first-order chi connectivity index (χ1) is 12.4. The Morgan fingerprint density at radius 1 is 1.23 bits per heavy atom. The second-order valence-electron chi connectivity index (χ2n) is 6.01. The molecule has 0 saturated carbocycles. The third-order valence-electron chi connectivity index (χ3n) is 3.97. The molecule has 26 heavy (non-hydrogen) atoms. The topological polar surface area (TPSA) is 96.4 Å². The van der Waals surface area contributed by atoms with Crippen LogP contribution in [0.5, 0.6) is 5.75 Å². The zero-order valence-corrected chi connectivity index (χ0v) is 16.6. The third kappa shape index (κ3) is 5.04. The molecule has 7 nitrogen and oxygen atoms in total. The average molecular weight is 378 g/mol. The number of aromatic nitrogens is 2. The van der Waals surface area contributed by atoms with Crippen LogP contribution in [0.25, 0.3) is 0 Å². The molecule has 8 heteroatoms. The normalized spacial score (nSPS) is 14.6. The molecule has 0 aliphatic heterocycles. The number of nitrogens with one attached hydrogen (secondary N) is 2. The molecule has 0 aliphatic rings. The van der Waals surface area contributed by atoms with Crippen molar-refractivity contribution in [1.29, 1.82) is 0 Å². The Balaban J connectivity index is 2.34. The summed E-state index contributed by atoms with van der Waals surface area (Å²) < 4.78 is 19.2. The quantitative estimate of drug-likeness (QED) is 0.571. The predicted molar refractivity (Wildman–Crippen MR) is 104 cm³/mol. The van der Waals surface area contributed by atoms with Gasteiger partial charge in [0, 0.05) is 13.1 Å². The van der Waals surface area contributed by atoms with E-state index in [2.05, 4.69) is 20.4 Å². The number of aromatic hydroxyl groups is 1. The van der Waals surface area contributed by atoms with Crippen LogP contribution in [0, 0.1) is 13.8 Å². The van der Waals surface area contributed by atoms with Crippen LogP contribution >= 0.6 is 7.52 Å². The number of phenols is 1. The number of nitrogens with zero attached hydrogens (tertiary/aromatic N) is 2. The molecule has 2 atom stereocenters. The maximum Gasteiger partial charge on any atom is 0.278 e. The highest BCUT2D eigenvalue weighted by atomic mass is 31.2. The summed E-state index contributed by atoms with van der Waals surface area (Å²) in [6, 6.07) is 5.23. The summed E-state index contributed by atoms with van der Waals surface area (Å²) in [7, 11) is -3.18. The molecule has 0 saturated heterocycles. The van der Waals surface area contributed by atoms with Crippen LogP contribution in [-0.2, 0) is 9.09 Å². The lowest BCUT2D eigenvalue weighted by atomic mass is 10.1. The number of rotatable bonds is 9. The van der Waals surface area contributed by atoms with Gasteiger partial charge >= 0.3 is 0 Å². The maximum atomic E-state index is 13.5. The maximum absolute atomic E-state index is 13.5. The van der Waals surface area contributed by atoms with E-state index >= 15 is 0 Å². The Morgan fingerprint density at radius 3 is 2.58 bits per heavy atom. The van der Waals surface area contributed by atoms with Gasteiger partial charge in [0.25, 0.3) is 7.52 Å². The molecule has 0 bridgehead atoms. The van der Waals surface area contributed by atoms with Crippen LogP contribution in [-0.4, -0.2) is 34.8 Å². The van der Waals surface area contributed by atoms with E-state index in [1.165, 1.54) is 0 Å². The molecule has 2 unspecified atom stereocenters. The standard InChI is InChI=1S/C18H27N4O3P/c1-5-22-26(24,25-6-2)17(15-7-8-16(23)13(3)9-15)11-21-18-12-19-14(4)10-20-18/h7-10,12,17,23H,5-6,11H2,1-4H3,(H,20,21)(H,22,24). The molecule has 142 valence electrons. The Morgan fingerprint density at radius 2 is 2.00 bits per heavy atom. The molecule has 0 aliphatic carbocycles. The van der Waals surface area contributed by atoms with Gasteiger partial charge in [0.15, 0.2) is 0 Å². The molecule has 0 radical (unpaired) electrons. The Labute approximate surface area is 154 Å². The minimum atomic E-state index is -3.18. The first-order valence-corrected chi connectivity index (χ1v) is 10.4. The van der Waals surface area contributed by atoms with Crippen molar-refractivity contribution in [1.82, 2.24) is 15.1 Å². The summed E-state index contributed by atoms with van der Waals surface area (Å²) in [6.07, 6.45) is 3.32. The molecule has 1 aromatic carbocycles. The number of hydrogen-bond acceptors (Lipinski definition) is 6. The summed E-state index contributed by atoms with van der Waals surface area (Å²) in [5.41, 5.74) is 1.94. The zero-order valence-electron chi connectivity index (χ0n) is 15.7. The molecule has 1 heterocycles. The fourth-order valence-corrected chi connectivity index (χ4v) is 4.86. The van der Waals surface area contributed by atoms with Crippen LogP contribution in [0.3, 0.4) is 0 Å². The fraction of sp³-hybridized carbons (Fsp3) is 0.444. The minimum absolute atomic E-state index is 0.208. The van der Waals surface area contributed by atoms with E-state index in [0.717, 1.165) is 16.8 Å². The average Bonchev–Trinajstić information content (AvgIpc) is 2.60. The second-order valence-corrected chi connectivity index (χ2v) is 8.40. The lowest BCUT2D eigenvalue weighted by Crippen LogP contribution is -2.23. The van der Waals surface area contributed by atoms with Gasteiger partial charge in [-0.3, -0.25) is 9.55 Å². The SMILES string of the molecule is CCNP(=O)(OCC)C(CNc1cnc(C)cn1)c1ccc(O)c(C)c1. The van der Waals surface area contributed by atoms with E-state index in [-0.39, 0.29) is 5.75 Å². The number of phenolic OH excluding ortho intramolecular Hbond substituents is 1. The summed E-state index contributed by atoms with van der Waals surface area (Å²) in [4.78, 5) is 8.50. The monoisotopic (exact) mass is 378 g/mol. The first kappa shape index (κ1) is 20.4. The first-order valence-electron chi connectivity index (χ1n) is 8.71. The van der Waals surface area contributed by atoms with E-state index in [1.54, 1.807) is 24.5 Å². The highest BCUT2D eigenvalue weighted by molar-refractivity contribution is 7.57. The van der Waals surface area contributed by atoms with Gasteiger partial charge < -0.3 is 14.9 Å². The number of hydrogen-bond donors (Lipinski definition) is 3. The largest absolute Gasteiger partial charge is 0.508 e. The summed E-state index contributed by atoms with van der Waals surface area (Å²) in [6.45, 7) is 8.61. The fourth-order valence-electron chi connectivity index (χ4n) is 2.66.